The van der Waals surface area contributed by atoms with E-state index in [2.05, 4.69) is 65.2 Å². The third-order valence-corrected chi connectivity index (χ3v) is 3.52. The molecule has 0 saturated heterocycles. The molecular formula is C19H26. The summed E-state index contributed by atoms with van der Waals surface area (Å²) in [6.07, 6.45) is 9.92. The number of allylic oxidation sites excluding steroid dienone is 7. The predicted octanol–water partition coefficient (Wildman–Crippen LogP) is 5.60. The van der Waals surface area contributed by atoms with Gasteiger partial charge in [-0.15, -0.1) is 0 Å². The van der Waals surface area contributed by atoms with Crippen molar-refractivity contribution in [3.63, 3.8) is 0 Å². The van der Waals surface area contributed by atoms with Gasteiger partial charge in [0.05, 0.1) is 0 Å². The standard InChI is InChI=1S/C19H26/c1-15(2)9-7-10-16(3)12-13-18-17(4)11-8-14-19(18,5)6/h9,12-13H,4,8,11,14H2,1-3,5-6H3/b16-12+,18-13-. The maximum absolute atomic E-state index is 4.21. The summed E-state index contributed by atoms with van der Waals surface area (Å²) in [5.41, 5.74) is 5.26. The van der Waals surface area contributed by atoms with E-state index in [-0.39, 0.29) is 5.41 Å². The van der Waals surface area contributed by atoms with E-state index in [4.69, 9.17) is 0 Å². The zero-order valence-electron chi connectivity index (χ0n) is 13.1. The highest BCUT2D eigenvalue weighted by atomic mass is 14.3. The van der Waals surface area contributed by atoms with E-state index >= 15 is 0 Å². The molecular weight excluding hydrogens is 228 g/mol. The van der Waals surface area contributed by atoms with E-state index in [9.17, 15) is 0 Å². The predicted molar refractivity (Wildman–Crippen MR) is 85.8 cm³/mol. The SMILES string of the molecule is C=C1CCCC(C)(C)/C1=C\C=C(/C)C#CC=C(C)C. The van der Waals surface area contributed by atoms with Crippen LogP contribution < -0.4 is 0 Å². The molecule has 0 radical (unpaired) electrons. The third-order valence-electron chi connectivity index (χ3n) is 3.52. The van der Waals surface area contributed by atoms with E-state index < -0.39 is 0 Å². The van der Waals surface area contributed by atoms with Crippen LogP contribution in [0.3, 0.4) is 0 Å². The van der Waals surface area contributed by atoms with E-state index in [1.165, 1.54) is 29.6 Å². The van der Waals surface area contributed by atoms with Gasteiger partial charge < -0.3 is 0 Å². The molecule has 1 aliphatic carbocycles. The lowest BCUT2D eigenvalue weighted by molar-refractivity contribution is 0.371. The van der Waals surface area contributed by atoms with Gasteiger partial charge in [-0.25, -0.2) is 0 Å². The van der Waals surface area contributed by atoms with Gasteiger partial charge in [-0.05, 0) is 62.7 Å². The summed E-state index contributed by atoms with van der Waals surface area (Å²) in [6.45, 7) is 15.0. The largest absolute Gasteiger partial charge is 0.0955 e. The third kappa shape index (κ3) is 4.95. The van der Waals surface area contributed by atoms with Crippen LogP contribution in [0.25, 0.3) is 0 Å². The molecule has 0 aliphatic heterocycles. The average molecular weight is 254 g/mol. The van der Waals surface area contributed by atoms with Gasteiger partial charge in [0, 0.05) is 0 Å². The van der Waals surface area contributed by atoms with Crippen molar-refractivity contribution in [2.24, 2.45) is 5.41 Å². The van der Waals surface area contributed by atoms with Crippen LogP contribution in [0.15, 0.2) is 47.1 Å². The molecule has 0 bridgehead atoms. The Labute approximate surface area is 119 Å². The fourth-order valence-corrected chi connectivity index (χ4v) is 2.38. The van der Waals surface area contributed by atoms with Crippen LogP contribution in [0, 0.1) is 17.3 Å². The smallest absolute Gasteiger partial charge is 0.000714 e. The molecule has 0 N–H and O–H groups in total. The zero-order chi connectivity index (χ0) is 14.5. The molecule has 1 rings (SSSR count). The molecule has 0 unspecified atom stereocenters. The maximum Gasteiger partial charge on any atom is -0.000714 e. The first-order valence-corrected chi connectivity index (χ1v) is 7.05. The molecule has 0 heteroatoms. The molecule has 0 nitrogen and oxygen atoms in total. The summed E-state index contributed by atoms with van der Waals surface area (Å²) in [6, 6.07) is 0. The second-order valence-corrected chi connectivity index (χ2v) is 6.26. The number of hydrogen-bond donors (Lipinski definition) is 0. The molecule has 102 valence electrons. The molecule has 1 aliphatic rings. The van der Waals surface area contributed by atoms with Gasteiger partial charge in [-0.3, -0.25) is 0 Å². The summed E-state index contributed by atoms with van der Waals surface area (Å²) < 4.78 is 0. The minimum Gasteiger partial charge on any atom is -0.0955 e. The van der Waals surface area contributed by atoms with Gasteiger partial charge in [0.2, 0.25) is 0 Å². The molecule has 1 saturated carbocycles. The first kappa shape index (κ1) is 15.6. The highest BCUT2D eigenvalue weighted by Gasteiger charge is 2.28. The topological polar surface area (TPSA) is 0 Å². The molecule has 0 spiro atoms. The van der Waals surface area contributed by atoms with Crippen molar-refractivity contribution in [2.75, 3.05) is 0 Å². The molecule has 0 aromatic carbocycles. The van der Waals surface area contributed by atoms with Gasteiger partial charge in [0.25, 0.3) is 0 Å². The van der Waals surface area contributed by atoms with E-state index in [0.29, 0.717) is 0 Å². The Balaban J connectivity index is 2.91. The van der Waals surface area contributed by atoms with E-state index in [1.807, 2.05) is 6.08 Å². The van der Waals surface area contributed by atoms with Crippen LogP contribution in [0.5, 0.6) is 0 Å². The summed E-state index contributed by atoms with van der Waals surface area (Å²) >= 11 is 0. The monoisotopic (exact) mass is 254 g/mol. The Morgan fingerprint density at radius 2 is 1.95 bits per heavy atom. The van der Waals surface area contributed by atoms with Crippen molar-refractivity contribution in [1.29, 1.82) is 0 Å². The summed E-state index contributed by atoms with van der Waals surface area (Å²) in [7, 11) is 0. The number of hydrogen-bond acceptors (Lipinski definition) is 0. The highest BCUT2D eigenvalue weighted by molar-refractivity contribution is 5.41. The number of rotatable bonds is 1. The van der Waals surface area contributed by atoms with Crippen LogP contribution in [-0.4, -0.2) is 0 Å². The molecule has 0 aromatic rings. The van der Waals surface area contributed by atoms with Crippen molar-refractivity contribution in [3.8, 4) is 11.8 Å². The average Bonchev–Trinajstić information content (AvgIpc) is 2.26. The molecule has 0 aromatic heterocycles. The van der Waals surface area contributed by atoms with Crippen molar-refractivity contribution >= 4 is 0 Å². The molecule has 0 amide bonds. The van der Waals surface area contributed by atoms with Crippen molar-refractivity contribution < 1.29 is 0 Å². The lowest BCUT2D eigenvalue weighted by Crippen LogP contribution is -2.20. The van der Waals surface area contributed by atoms with Crippen LogP contribution in [0.1, 0.15) is 53.9 Å². The van der Waals surface area contributed by atoms with Crippen LogP contribution >= 0.6 is 0 Å². The van der Waals surface area contributed by atoms with Crippen LogP contribution in [0.4, 0.5) is 0 Å². The maximum atomic E-state index is 4.21. The highest BCUT2D eigenvalue weighted by Crippen LogP contribution is 2.42. The van der Waals surface area contributed by atoms with E-state index in [0.717, 1.165) is 12.0 Å². The Morgan fingerprint density at radius 3 is 2.53 bits per heavy atom. The second kappa shape index (κ2) is 6.62. The lowest BCUT2D eigenvalue weighted by atomic mass is 9.71. The zero-order valence-corrected chi connectivity index (χ0v) is 13.1. The summed E-state index contributed by atoms with van der Waals surface area (Å²) in [4.78, 5) is 0. The Bertz CT molecular complexity index is 492. The van der Waals surface area contributed by atoms with Crippen molar-refractivity contribution in [2.45, 2.75) is 53.9 Å². The van der Waals surface area contributed by atoms with Gasteiger partial charge in [-0.1, -0.05) is 55.6 Å². The first-order valence-electron chi connectivity index (χ1n) is 7.05. The Kier molecular flexibility index (Phi) is 5.43. The van der Waals surface area contributed by atoms with Gasteiger partial charge >= 0.3 is 0 Å². The quantitative estimate of drug-likeness (QED) is 0.535. The first-order chi connectivity index (χ1) is 8.83. The molecule has 1 fully saturated rings. The van der Waals surface area contributed by atoms with Crippen LogP contribution in [-0.2, 0) is 0 Å². The Morgan fingerprint density at radius 1 is 1.26 bits per heavy atom. The van der Waals surface area contributed by atoms with Gasteiger partial charge in [0.1, 0.15) is 0 Å². The fraction of sp³-hybridized carbons (Fsp3) is 0.474. The fourth-order valence-electron chi connectivity index (χ4n) is 2.38. The summed E-state index contributed by atoms with van der Waals surface area (Å²) in [5.74, 6) is 6.23. The van der Waals surface area contributed by atoms with Crippen molar-refractivity contribution in [1.82, 2.24) is 0 Å². The van der Waals surface area contributed by atoms with Crippen molar-refractivity contribution in [3.05, 3.63) is 47.1 Å². The molecule has 0 atom stereocenters. The normalized spacial score (nSPS) is 20.8. The lowest BCUT2D eigenvalue weighted by Gasteiger charge is -2.34. The van der Waals surface area contributed by atoms with E-state index in [1.54, 1.807) is 0 Å². The van der Waals surface area contributed by atoms with Crippen LogP contribution in [0.2, 0.25) is 0 Å². The minimum absolute atomic E-state index is 0.249. The minimum atomic E-state index is 0.249. The Hall–Kier alpha value is -1.48. The summed E-state index contributed by atoms with van der Waals surface area (Å²) in [5, 5.41) is 0. The second-order valence-electron chi connectivity index (χ2n) is 6.26. The van der Waals surface area contributed by atoms with Gasteiger partial charge in [-0.2, -0.15) is 0 Å². The van der Waals surface area contributed by atoms with Gasteiger partial charge in [0.15, 0.2) is 0 Å². The molecule has 0 heterocycles. The molecule has 19 heavy (non-hydrogen) atoms.